The highest BCUT2D eigenvalue weighted by Crippen LogP contribution is 2.31. The van der Waals surface area contributed by atoms with E-state index in [0.29, 0.717) is 29.2 Å². The fraction of sp³-hybridized carbons (Fsp3) is 0.235. The van der Waals surface area contributed by atoms with Crippen LogP contribution in [0.5, 0.6) is 0 Å². The summed E-state index contributed by atoms with van der Waals surface area (Å²) in [5.41, 5.74) is 1.69. The molecule has 0 N–H and O–H groups in total. The van der Waals surface area contributed by atoms with Crippen molar-refractivity contribution in [1.82, 2.24) is 9.55 Å². The molecule has 1 aromatic carbocycles. The molecule has 0 saturated heterocycles. The molecule has 0 aliphatic carbocycles. The monoisotopic (exact) mass is 346 g/mol. The van der Waals surface area contributed by atoms with Crippen molar-refractivity contribution >= 4 is 38.9 Å². The van der Waals surface area contributed by atoms with E-state index in [4.69, 9.17) is 11.6 Å². The van der Waals surface area contributed by atoms with Crippen molar-refractivity contribution in [3.05, 3.63) is 50.8 Å². The highest BCUT2D eigenvalue weighted by molar-refractivity contribution is 7.17. The van der Waals surface area contributed by atoms with E-state index in [1.165, 1.54) is 18.3 Å². The van der Waals surface area contributed by atoms with Gasteiger partial charge in [0.1, 0.15) is 16.4 Å². The summed E-state index contributed by atoms with van der Waals surface area (Å²) >= 11 is 7.38. The molecule has 0 spiro atoms. The van der Waals surface area contributed by atoms with E-state index in [2.05, 4.69) is 4.98 Å². The number of carbonyl (C=O) groups is 1. The van der Waals surface area contributed by atoms with Gasteiger partial charge in [0.15, 0.2) is 0 Å². The van der Waals surface area contributed by atoms with Crippen LogP contribution in [0, 0.1) is 6.92 Å². The lowest BCUT2D eigenvalue weighted by molar-refractivity contribution is -0.117. The molecule has 2 aromatic heterocycles. The van der Waals surface area contributed by atoms with E-state index in [9.17, 15) is 9.59 Å². The van der Waals surface area contributed by atoms with Crippen molar-refractivity contribution in [3.63, 3.8) is 0 Å². The number of aromatic nitrogens is 2. The minimum absolute atomic E-state index is 0.0552. The van der Waals surface area contributed by atoms with Gasteiger partial charge in [-0.3, -0.25) is 14.2 Å². The zero-order valence-corrected chi connectivity index (χ0v) is 14.4. The van der Waals surface area contributed by atoms with Crippen molar-refractivity contribution in [1.29, 1.82) is 0 Å². The maximum Gasteiger partial charge on any atom is 0.262 e. The number of aryl methyl sites for hydroxylation is 1. The first-order chi connectivity index (χ1) is 11.0. The Hall–Kier alpha value is -1.98. The first kappa shape index (κ1) is 15.9. The maximum atomic E-state index is 12.9. The fourth-order valence-electron chi connectivity index (χ4n) is 2.50. The van der Waals surface area contributed by atoms with Crippen LogP contribution >= 0.6 is 22.9 Å². The number of fused-ring (bicyclic) bond motifs is 1. The largest absolute Gasteiger partial charge is 0.300 e. The molecule has 0 aliphatic heterocycles. The Kier molecular flexibility index (Phi) is 4.33. The normalized spacial score (nSPS) is 11.1. The van der Waals surface area contributed by atoms with Crippen LogP contribution < -0.4 is 5.56 Å². The van der Waals surface area contributed by atoms with Crippen molar-refractivity contribution in [2.24, 2.45) is 0 Å². The van der Waals surface area contributed by atoms with Gasteiger partial charge in [0.2, 0.25) is 0 Å². The molecule has 4 nitrogen and oxygen atoms in total. The molecule has 2 heterocycles. The van der Waals surface area contributed by atoms with Gasteiger partial charge in [-0.25, -0.2) is 4.98 Å². The molecule has 0 atom stereocenters. The predicted molar refractivity (Wildman–Crippen MR) is 94.4 cm³/mol. The Morgan fingerprint density at radius 1 is 1.30 bits per heavy atom. The van der Waals surface area contributed by atoms with Crippen molar-refractivity contribution in [3.8, 4) is 11.1 Å². The lowest BCUT2D eigenvalue weighted by Gasteiger charge is -2.09. The van der Waals surface area contributed by atoms with Crippen LogP contribution in [0.15, 0.2) is 34.4 Å². The minimum atomic E-state index is -0.0973. The van der Waals surface area contributed by atoms with Gasteiger partial charge >= 0.3 is 0 Å². The standard InChI is InChI=1S/C17H15ClN2O2S/c1-10(21)7-8-20-11(2)19-16-15(17(20)22)14(9-23-16)12-3-5-13(18)6-4-12/h3-6,9H,7-8H2,1-2H3. The summed E-state index contributed by atoms with van der Waals surface area (Å²) in [6.07, 6.45) is 0.328. The van der Waals surface area contributed by atoms with E-state index in [1.807, 2.05) is 17.5 Å². The smallest absolute Gasteiger partial charge is 0.262 e. The zero-order chi connectivity index (χ0) is 16.6. The van der Waals surface area contributed by atoms with Crippen molar-refractivity contribution < 1.29 is 4.79 Å². The Bertz CT molecular complexity index is 942. The van der Waals surface area contributed by atoms with Gasteiger partial charge in [0, 0.05) is 28.9 Å². The molecule has 3 rings (SSSR count). The molecular formula is C17H15ClN2O2S. The molecule has 0 aliphatic rings. The maximum absolute atomic E-state index is 12.9. The summed E-state index contributed by atoms with van der Waals surface area (Å²) in [7, 11) is 0. The molecule has 23 heavy (non-hydrogen) atoms. The molecule has 0 saturated carbocycles. The summed E-state index contributed by atoms with van der Waals surface area (Å²) in [4.78, 5) is 29.3. The zero-order valence-electron chi connectivity index (χ0n) is 12.8. The first-order valence-electron chi connectivity index (χ1n) is 7.21. The van der Waals surface area contributed by atoms with Gasteiger partial charge in [0.05, 0.1) is 5.39 Å². The van der Waals surface area contributed by atoms with Crippen LogP contribution in [0.2, 0.25) is 5.02 Å². The number of hydrogen-bond acceptors (Lipinski definition) is 4. The SMILES string of the molecule is CC(=O)CCn1c(C)nc2scc(-c3ccc(Cl)cc3)c2c1=O. The minimum Gasteiger partial charge on any atom is -0.300 e. The third kappa shape index (κ3) is 3.07. The third-order valence-electron chi connectivity index (χ3n) is 3.73. The van der Waals surface area contributed by atoms with Crippen LogP contribution in [0.3, 0.4) is 0 Å². The van der Waals surface area contributed by atoms with E-state index in [1.54, 1.807) is 23.6 Å². The van der Waals surface area contributed by atoms with Crippen LogP contribution in [0.25, 0.3) is 21.3 Å². The number of thiophene rings is 1. The lowest BCUT2D eigenvalue weighted by Crippen LogP contribution is -2.24. The number of halogens is 1. The van der Waals surface area contributed by atoms with Crippen LogP contribution in [0.1, 0.15) is 19.2 Å². The van der Waals surface area contributed by atoms with Crippen molar-refractivity contribution in [2.45, 2.75) is 26.8 Å². The van der Waals surface area contributed by atoms with Gasteiger partial charge in [-0.15, -0.1) is 11.3 Å². The number of rotatable bonds is 4. The molecule has 0 bridgehead atoms. The van der Waals surface area contributed by atoms with E-state index >= 15 is 0 Å². The summed E-state index contributed by atoms with van der Waals surface area (Å²) < 4.78 is 1.58. The molecule has 0 fully saturated rings. The topological polar surface area (TPSA) is 52.0 Å². The Morgan fingerprint density at radius 2 is 2.00 bits per heavy atom. The number of hydrogen-bond donors (Lipinski definition) is 0. The third-order valence-corrected chi connectivity index (χ3v) is 4.85. The summed E-state index contributed by atoms with van der Waals surface area (Å²) in [5, 5.41) is 3.20. The molecule has 3 aromatic rings. The molecule has 6 heteroatoms. The average molecular weight is 347 g/mol. The van der Waals surface area contributed by atoms with Gasteiger partial charge in [-0.1, -0.05) is 23.7 Å². The van der Waals surface area contributed by atoms with E-state index < -0.39 is 0 Å². The van der Waals surface area contributed by atoms with Gasteiger partial charge < -0.3 is 0 Å². The van der Waals surface area contributed by atoms with Crippen LogP contribution in [-0.2, 0) is 11.3 Å². The highest BCUT2D eigenvalue weighted by atomic mass is 35.5. The Balaban J connectivity index is 2.18. The second kappa shape index (κ2) is 6.26. The molecule has 118 valence electrons. The van der Waals surface area contributed by atoms with Gasteiger partial charge in [0.25, 0.3) is 5.56 Å². The molecule has 0 amide bonds. The molecule has 0 radical (unpaired) electrons. The molecule has 0 unspecified atom stereocenters. The Morgan fingerprint density at radius 3 is 2.65 bits per heavy atom. The average Bonchev–Trinajstić information content (AvgIpc) is 2.91. The molecular weight excluding hydrogens is 332 g/mol. The van der Waals surface area contributed by atoms with Crippen LogP contribution in [0.4, 0.5) is 0 Å². The second-order valence-electron chi connectivity index (χ2n) is 5.40. The second-order valence-corrected chi connectivity index (χ2v) is 6.70. The Labute approximate surface area is 142 Å². The number of benzene rings is 1. The summed E-state index contributed by atoms with van der Waals surface area (Å²) in [5.74, 6) is 0.688. The predicted octanol–water partition coefficient (Wildman–Crippen LogP) is 4.07. The number of carbonyl (C=O) groups excluding carboxylic acids is 1. The fourth-order valence-corrected chi connectivity index (χ4v) is 3.61. The van der Waals surface area contributed by atoms with E-state index in [-0.39, 0.29) is 11.3 Å². The summed E-state index contributed by atoms with van der Waals surface area (Å²) in [6.45, 7) is 3.68. The lowest BCUT2D eigenvalue weighted by atomic mass is 10.1. The van der Waals surface area contributed by atoms with Gasteiger partial charge in [-0.05, 0) is 31.5 Å². The van der Waals surface area contributed by atoms with E-state index in [0.717, 1.165) is 16.0 Å². The number of nitrogens with zero attached hydrogens (tertiary/aromatic N) is 2. The number of ketones is 1. The summed E-state index contributed by atoms with van der Waals surface area (Å²) in [6, 6.07) is 7.39. The van der Waals surface area contributed by atoms with Gasteiger partial charge in [-0.2, -0.15) is 0 Å². The first-order valence-corrected chi connectivity index (χ1v) is 8.47. The quantitative estimate of drug-likeness (QED) is 0.715. The number of Topliss-reactive ketones (excluding diaryl/α,β-unsaturated/α-hetero) is 1. The highest BCUT2D eigenvalue weighted by Gasteiger charge is 2.15. The van der Waals surface area contributed by atoms with Crippen LogP contribution in [-0.4, -0.2) is 15.3 Å². The van der Waals surface area contributed by atoms with Crippen molar-refractivity contribution in [2.75, 3.05) is 0 Å².